The molecule has 1 aliphatic carbocycles. The Hall–Kier alpha value is -0.610. The maximum absolute atomic E-state index is 12.2. The zero-order valence-electron chi connectivity index (χ0n) is 11.3. The van der Waals surface area contributed by atoms with Crippen LogP contribution in [0.5, 0.6) is 0 Å². The van der Waals surface area contributed by atoms with Crippen molar-refractivity contribution in [3.8, 4) is 0 Å². The van der Waals surface area contributed by atoms with E-state index in [4.69, 9.17) is 5.11 Å². The number of aliphatic hydroxyl groups excluding tert-OH is 1. The summed E-state index contributed by atoms with van der Waals surface area (Å²) in [6.45, 7) is 4.36. The van der Waals surface area contributed by atoms with Gasteiger partial charge < -0.3 is 15.7 Å². The summed E-state index contributed by atoms with van der Waals surface area (Å²) in [5, 5.41) is 15.6. The second-order valence-corrected chi connectivity index (χ2v) is 5.99. The van der Waals surface area contributed by atoms with Gasteiger partial charge >= 0.3 is 0 Å². The molecular weight excluding hydrogens is 228 g/mol. The standard InChI is InChI=1S/C14H26N2O2/c1-10-8-15-7-6-13(10)14(18)16-12-4-2-11(9-17)3-5-12/h10-13,15,17H,2-9H2,1H3,(H,16,18). The molecule has 1 aliphatic heterocycles. The Morgan fingerprint density at radius 3 is 2.61 bits per heavy atom. The van der Waals surface area contributed by atoms with Gasteiger partial charge in [-0.15, -0.1) is 0 Å². The molecule has 104 valence electrons. The predicted molar refractivity (Wildman–Crippen MR) is 71.1 cm³/mol. The molecule has 0 aromatic rings. The van der Waals surface area contributed by atoms with Crippen LogP contribution in [-0.4, -0.2) is 36.8 Å². The number of hydrogen-bond donors (Lipinski definition) is 3. The zero-order chi connectivity index (χ0) is 13.0. The second kappa shape index (κ2) is 6.53. The maximum atomic E-state index is 12.2. The number of piperidine rings is 1. The molecule has 0 radical (unpaired) electrons. The van der Waals surface area contributed by atoms with Crippen LogP contribution in [0.3, 0.4) is 0 Å². The van der Waals surface area contributed by atoms with Crippen LogP contribution in [0.2, 0.25) is 0 Å². The van der Waals surface area contributed by atoms with Gasteiger partial charge in [0.1, 0.15) is 0 Å². The van der Waals surface area contributed by atoms with Crippen molar-refractivity contribution in [1.82, 2.24) is 10.6 Å². The van der Waals surface area contributed by atoms with Gasteiger partial charge in [-0.25, -0.2) is 0 Å². The van der Waals surface area contributed by atoms with Crippen molar-refractivity contribution in [3.05, 3.63) is 0 Å². The van der Waals surface area contributed by atoms with Crippen LogP contribution >= 0.6 is 0 Å². The maximum Gasteiger partial charge on any atom is 0.223 e. The molecule has 1 saturated carbocycles. The number of nitrogens with one attached hydrogen (secondary N) is 2. The SMILES string of the molecule is CC1CNCCC1C(=O)NC1CCC(CO)CC1. The van der Waals surface area contributed by atoms with Crippen LogP contribution in [0.15, 0.2) is 0 Å². The summed E-state index contributed by atoms with van der Waals surface area (Å²) in [7, 11) is 0. The molecule has 1 saturated heterocycles. The molecule has 0 aromatic heterocycles. The first-order valence-electron chi connectivity index (χ1n) is 7.32. The zero-order valence-corrected chi connectivity index (χ0v) is 11.3. The van der Waals surface area contributed by atoms with Gasteiger partial charge in [-0.3, -0.25) is 4.79 Å². The van der Waals surface area contributed by atoms with E-state index in [9.17, 15) is 4.79 Å². The van der Waals surface area contributed by atoms with Crippen LogP contribution < -0.4 is 10.6 Å². The third-order valence-corrected chi connectivity index (χ3v) is 4.57. The summed E-state index contributed by atoms with van der Waals surface area (Å²) in [6, 6.07) is 0.336. The molecular formula is C14H26N2O2. The Bertz CT molecular complexity index is 275. The average Bonchev–Trinajstić information content (AvgIpc) is 2.40. The first-order valence-corrected chi connectivity index (χ1v) is 7.32. The highest BCUT2D eigenvalue weighted by atomic mass is 16.3. The molecule has 18 heavy (non-hydrogen) atoms. The van der Waals surface area contributed by atoms with Crippen molar-refractivity contribution in [3.63, 3.8) is 0 Å². The van der Waals surface area contributed by atoms with Gasteiger partial charge in [0.05, 0.1) is 0 Å². The van der Waals surface area contributed by atoms with E-state index in [1.807, 2.05) is 0 Å². The summed E-state index contributed by atoms with van der Waals surface area (Å²) in [5.74, 6) is 1.32. The molecule has 2 unspecified atom stereocenters. The van der Waals surface area contributed by atoms with Crippen LogP contribution in [0.25, 0.3) is 0 Å². The lowest BCUT2D eigenvalue weighted by atomic mass is 9.84. The molecule has 3 N–H and O–H groups in total. The molecule has 2 fully saturated rings. The van der Waals surface area contributed by atoms with Crippen molar-refractivity contribution in [1.29, 1.82) is 0 Å². The van der Waals surface area contributed by atoms with Crippen LogP contribution in [-0.2, 0) is 4.79 Å². The smallest absolute Gasteiger partial charge is 0.223 e. The molecule has 2 aliphatic rings. The Balaban J connectivity index is 1.77. The summed E-state index contributed by atoms with van der Waals surface area (Å²) >= 11 is 0. The van der Waals surface area contributed by atoms with E-state index in [1.54, 1.807) is 0 Å². The molecule has 0 bridgehead atoms. The van der Waals surface area contributed by atoms with E-state index in [-0.39, 0.29) is 11.8 Å². The predicted octanol–water partition coefficient (Wildman–Crippen LogP) is 0.899. The van der Waals surface area contributed by atoms with Crippen LogP contribution in [0.4, 0.5) is 0 Å². The van der Waals surface area contributed by atoms with E-state index in [0.29, 0.717) is 24.5 Å². The van der Waals surface area contributed by atoms with Crippen molar-refractivity contribution in [2.24, 2.45) is 17.8 Å². The summed E-state index contributed by atoms with van der Waals surface area (Å²) in [6.07, 6.45) is 5.10. The topological polar surface area (TPSA) is 61.4 Å². The number of amides is 1. The number of hydrogen-bond acceptors (Lipinski definition) is 3. The van der Waals surface area contributed by atoms with Gasteiger partial charge in [0, 0.05) is 18.6 Å². The van der Waals surface area contributed by atoms with Gasteiger partial charge in [-0.05, 0) is 57.0 Å². The minimum Gasteiger partial charge on any atom is -0.396 e. The van der Waals surface area contributed by atoms with E-state index >= 15 is 0 Å². The van der Waals surface area contributed by atoms with Crippen molar-refractivity contribution in [2.45, 2.75) is 45.1 Å². The summed E-state index contributed by atoms with van der Waals surface area (Å²) in [4.78, 5) is 12.2. The van der Waals surface area contributed by atoms with Crippen LogP contribution in [0.1, 0.15) is 39.0 Å². The number of aliphatic hydroxyl groups is 1. The number of carbonyl (C=O) groups is 1. The quantitative estimate of drug-likeness (QED) is 0.701. The third kappa shape index (κ3) is 3.45. The van der Waals surface area contributed by atoms with E-state index < -0.39 is 0 Å². The number of carbonyl (C=O) groups excluding carboxylic acids is 1. The molecule has 2 rings (SSSR count). The fraction of sp³-hybridized carbons (Fsp3) is 0.929. The van der Waals surface area contributed by atoms with Crippen molar-refractivity contribution < 1.29 is 9.90 Å². The molecule has 2 atom stereocenters. The fourth-order valence-electron chi connectivity index (χ4n) is 3.20. The minimum atomic E-state index is 0.182. The molecule has 4 heteroatoms. The van der Waals surface area contributed by atoms with Crippen LogP contribution in [0, 0.1) is 17.8 Å². The first-order chi connectivity index (χ1) is 8.70. The molecule has 0 spiro atoms. The van der Waals surface area contributed by atoms with Gasteiger partial charge in [-0.1, -0.05) is 6.92 Å². The second-order valence-electron chi connectivity index (χ2n) is 5.99. The summed E-state index contributed by atoms with van der Waals surface area (Å²) < 4.78 is 0. The Morgan fingerprint density at radius 1 is 1.28 bits per heavy atom. The third-order valence-electron chi connectivity index (χ3n) is 4.57. The molecule has 1 heterocycles. The van der Waals surface area contributed by atoms with Gasteiger partial charge in [-0.2, -0.15) is 0 Å². The lowest BCUT2D eigenvalue weighted by Gasteiger charge is -2.32. The minimum absolute atomic E-state index is 0.182. The Morgan fingerprint density at radius 2 is 2.00 bits per heavy atom. The highest BCUT2D eigenvalue weighted by molar-refractivity contribution is 5.79. The van der Waals surface area contributed by atoms with E-state index in [1.165, 1.54) is 0 Å². The lowest BCUT2D eigenvalue weighted by molar-refractivity contribution is -0.128. The monoisotopic (exact) mass is 254 g/mol. The average molecular weight is 254 g/mol. The Labute approximate surface area is 110 Å². The molecule has 4 nitrogen and oxygen atoms in total. The van der Waals surface area contributed by atoms with Gasteiger partial charge in [0.25, 0.3) is 0 Å². The molecule has 0 aromatic carbocycles. The van der Waals surface area contributed by atoms with Crippen molar-refractivity contribution >= 4 is 5.91 Å². The molecule has 1 amide bonds. The summed E-state index contributed by atoms with van der Waals surface area (Å²) in [5.41, 5.74) is 0. The highest BCUT2D eigenvalue weighted by Crippen LogP contribution is 2.25. The Kier molecular flexibility index (Phi) is 5.01. The number of rotatable bonds is 3. The van der Waals surface area contributed by atoms with Gasteiger partial charge in [0.2, 0.25) is 5.91 Å². The van der Waals surface area contributed by atoms with E-state index in [0.717, 1.165) is 45.2 Å². The normalized spacial score (nSPS) is 37.2. The lowest BCUT2D eigenvalue weighted by Crippen LogP contribution is -2.47. The van der Waals surface area contributed by atoms with Gasteiger partial charge in [0.15, 0.2) is 0 Å². The van der Waals surface area contributed by atoms with E-state index in [2.05, 4.69) is 17.6 Å². The largest absolute Gasteiger partial charge is 0.396 e. The first kappa shape index (κ1) is 13.8. The fourth-order valence-corrected chi connectivity index (χ4v) is 3.20. The van der Waals surface area contributed by atoms with Crippen molar-refractivity contribution in [2.75, 3.05) is 19.7 Å². The highest BCUT2D eigenvalue weighted by Gasteiger charge is 2.30.